The Kier molecular flexibility index (Phi) is 5.86. The first-order valence-corrected chi connectivity index (χ1v) is 11.4. The van der Waals surface area contributed by atoms with Gasteiger partial charge in [0.2, 0.25) is 0 Å². The molecule has 0 spiro atoms. The van der Waals surface area contributed by atoms with Crippen LogP contribution in [0.4, 0.5) is 0 Å². The van der Waals surface area contributed by atoms with Gasteiger partial charge in [-0.25, -0.2) is 4.67 Å². The number of hydrogen-bond donors (Lipinski definition) is 0. The second-order valence-electron chi connectivity index (χ2n) is 7.62. The summed E-state index contributed by atoms with van der Waals surface area (Å²) < 4.78 is 22.4. The van der Waals surface area contributed by atoms with Crippen molar-refractivity contribution in [1.29, 1.82) is 0 Å². The van der Waals surface area contributed by atoms with Crippen molar-refractivity contribution >= 4 is 12.6 Å². The fraction of sp³-hybridized carbons (Fsp3) is 0.429. The van der Waals surface area contributed by atoms with E-state index < -0.39 is 7.29 Å². The molecule has 0 aliphatic carbocycles. The Bertz CT molecular complexity index is 771. The molecular formula is C21H30N2O2P+. The van der Waals surface area contributed by atoms with E-state index in [1.54, 1.807) is 0 Å². The zero-order chi connectivity index (χ0) is 18.6. The van der Waals surface area contributed by atoms with Crippen molar-refractivity contribution in [2.24, 2.45) is 0 Å². The summed E-state index contributed by atoms with van der Waals surface area (Å²) in [6.45, 7) is 9.40. The van der Waals surface area contributed by atoms with Crippen LogP contribution in [0, 0.1) is 6.92 Å². The zero-order valence-electron chi connectivity index (χ0n) is 16.1. The third kappa shape index (κ3) is 4.56. The number of ether oxygens (including phenoxy) is 1. The number of quaternary nitrogens is 1. The first kappa shape index (κ1) is 19.2. The largest absolute Gasteiger partial charge is 0.488 e. The van der Waals surface area contributed by atoms with E-state index in [4.69, 9.17) is 4.74 Å². The van der Waals surface area contributed by atoms with E-state index in [9.17, 15) is 4.57 Å². The Morgan fingerprint density at radius 3 is 2.42 bits per heavy atom. The highest BCUT2D eigenvalue weighted by atomic mass is 31.2. The lowest BCUT2D eigenvalue weighted by atomic mass is 10.2. The molecule has 3 rings (SSSR count). The molecule has 0 amide bonds. The fourth-order valence-corrected chi connectivity index (χ4v) is 5.49. The molecule has 0 N–H and O–H groups in total. The summed E-state index contributed by atoms with van der Waals surface area (Å²) in [7, 11) is -0.186. The molecule has 2 aromatic rings. The minimum Gasteiger partial charge on any atom is -0.488 e. The molecule has 1 aliphatic heterocycles. The van der Waals surface area contributed by atoms with E-state index in [1.165, 1.54) is 5.56 Å². The lowest BCUT2D eigenvalue weighted by molar-refractivity contribution is -0.912. The highest BCUT2D eigenvalue weighted by Crippen LogP contribution is 2.45. The standard InChI is InChI=1S/C21H30N2O2P/c1-19-8-7-9-20(18-19)25-17-16-23(2)14-12-22(13-15-23)26(3,24)21-10-5-4-6-11-21/h4-11,18H,12-17H2,1-3H3/q+1. The second kappa shape index (κ2) is 7.96. The summed E-state index contributed by atoms with van der Waals surface area (Å²) in [6, 6.07) is 18.1. The molecule has 1 heterocycles. The van der Waals surface area contributed by atoms with Gasteiger partial charge in [-0.1, -0.05) is 42.5 Å². The molecular weight excluding hydrogens is 343 g/mol. The van der Waals surface area contributed by atoms with Gasteiger partial charge in [0.25, 0.3) is 0 Å². The van der Waals surface area contributed by atoms with Crippen molar-refractivity contribution in [3.8, 4) is 5.75 Å². The molecule has 26 heavy (non-hydrogen) atoms. The maximum atomic E-state index is 13.3. The number of nitrogens with zero attached hydrogens (tertiary/aromatic N) is 2. The lowest BCUT2D eigenvalue weighted by Gasteiger charge is -2.43. The molecule has 1 atom stereocenters. The first-order chi connectivity index (χ1) is 12.4. The monoisotopic (exact) mass is 373 g/mol. The fourth-order valence-electron chi connectivity index (χ4n) is 3.50. The quantitative estimate of drug-likeness (QED) is 0.574. The van der Waals surface area contributed by atoms with E-state index in [2.05, 4.69) is 30.8 Å². The highest BCUT2D eigenvalue weighted by molar-refractivity contribution is 7.68. The Morgan fingerprint density at radius 2 is 1.77 bits per heavy atom. The summed E-state index contributed by atoms with van der Waals surface area (Å²) in [5.41, 5.74) is 1.22. The third-order valence-corrected chi connectivity index (χ3v) is 8.20. The van der Waals surface area contributed by atoms with Gasteiger partial charge >= 0.3 is 0 Å². The van der Waals surface area contributed by atoms with E-state index in [0.29, 0.717) is 6.61 Å². The average molecular weight is 373 g/mol. The SMILES string of the molecule is Cc1cccc(OCC[N+]2(C)CCN(P(C)(=O)c3ccccc3)CC2)c1. The van der Waals surface area contributed by atoms with Gasteiger partial charge in [0.15, 0.2) is 7.29 Å². The predicted octanol–water partition coefficient (Wildman–Crippen LogP) is 3.37. The molecule has 1 unspecified atom stereocenters. The van der Waals surface area contributed by atoms with E-state index >= 15 is 0 Å². The smallest absolute Gasteiger partial charge is 0.176 e. The minimum atomic E-state index is -2.46. The van der Waals surface area contributed by atoms with E-state index in [1.807, 2.05) is 49.1 Å². The van der Waals surface area contributed by atoms with Crippen molar-refractivity contribution in [2.75, 3.05) is 53.0 Å². The molecule has 1 aliphatic rings. The Labute approximate surface area is 157 Å². The first-order valence-electron chi connectivity index (χ1n) is 9.31. The Morgan fingerprint density at radius 1 is 1.08 bits per heavy atom. The van der Waals surface area contributed by atoms with Crippen molar-refractivity contribution in [3.05, 3.63) is 60.2 Å². The van der Waals surface area contributed by atoms with Gasteiger partial charge in [-0.15, -0.1) is 0 Å². The van der Waals surface area contributed by atoms with Gasteiger partial charge < -0.3 is 13.8 Å². The van der Waals surface area contributed by atoms with Crippen molar-refractivity contribution in [1.82, 2.24) is 4.67 Å². The molecule has 0 radical (unpaired) electrons. The molecule has 1 fully saturated rings. The average Bonchev–Trinajstić information content (AvgIpc) is 2.63. The summed E-state index contributed by atoms with van der Waals surface area (Å²) in [6.07, 6.45) is 0. The van der Waals surface area contributed by atoms with Crippen LogP contribution in [0.2, 0.25) is 0 Å². The number of likely N-dealkylation sites (N-methyl/N-ethyl adjacent to an activating group) is 1. The van der Waals surface area contributed by atoms with Gasteiger partial charge in [0.05, 0.1) is 33.2 Å². The van der Waals surface area contributed by atoms with Crippen LogP contribution in [0.1, 0.15) is 5.56 Å². The minimum absolute atomic E-state index is 0.711. The molecule has 0 aromatic heterocycles. The number of hydrogen-bond acceptors (Lipinski definition) is 2. The van der Waals surface area contributed by atoms with Crippen molar-refractivity contribution in [2.45, 2.75) is 6.92 Å². The maximum absolute atomic E-state index is 13.3. The topological polar surface area (TPSA) is 29.5 Å². The third-order valence-electron chi connectivity index (χ3n) is 5.46. The summed E-state index contributed by atoms with van der Waals surface area (Å²) in [4.78, 5) is 0. The number of aryl methyl sites for hydroxylation is 1. The van der Waals surface area contributed by atoms with Crippen LogP contribution in [0.3, 0.4) is 0 Å². The predicted molar refractivity (Wildman–Crippen MR) is 109 cm³/mol. The van der Waals surface area contributed by atoms with Crippen LogP contribution in [-0.4, -0.2) is 62.2 Å². The van der Waals surface area contributed by atoms with Crippen molar-refractivity contribution < 1.29 is 13.8 Å². The van der Waals surface area contributed by atoms with Crippen LogP contribution in [0.5, 0.6) is 5.75 Å². The van der Waals surface area contributed by atoms with Crippen LogP contribution >= 0.6 is 7.29 Å². The lowest BCUT2D eigenvalue weighted by Crippen LogP contribution is -2.58. The number of rotatable bonds is 6. The van der Waals surface area contributed by atoms with Gasteiger partial charge in [0, 0.05) is 12.0 Å². The summed E-state index contributed by atoms with van der Waals surface area (Å²) in [5, 5.41) is 0.957. The van der Waals surface area contributed by atoms with Gasteiger partial charge in [-0.05, 0) is 24.6 Å². The van der Waals surface area contributed by atoms with Gasteiger partial charge in [-0.2, -0.15) is 0 Å². The zero-order valence-corrected chi connectivity index (χ0v) is 17.0. The van der Waals surface area contributed by atoms with Crippen LogP contribution in [0.25, 0.3) is 0 Å². The Hall–Kier alpha value is -1.61. The van der Waals surface area contributed by atoms with Crippen LogP contribution in [0.15, 0.2) is 54.6 Å². The second-order valence-corrected chi connectivity index (χ2v) is 10.5. The number of benzene rings is 2. The van der Waals surface area contributed by atoms with Crippen molar-refractivity contribution in [3.63, 3.8) is 0 Å². The van der Waals surface area contributed by atoms with Crippen LogP contribution < -0.4 is 10.0 Å². The molecule has 5 heteroatoms. The van der Waals surface area contributed by atoms with Gasteiger partial charge in [-0.3, -0.25) is 0 Å². The molecule has 4 nitrogen and oxygen atoms in total. The van der Waals surface area contributed by atoms with Gasteiger partial charge in [0.1, 0.15) is 18.9 Å². The van der Waals surface area contributed by atoms with Crippen LogP contribution in [-0.2, 0) is 4.57 Å². The summed E-state index contributed by atoms with van der Waals surface area (Å²) in [5.74, 6) is 0.942. The number of piperazine rings is 1. The Balaban J connectivity index is 1.53. The molecule has 0 bridgehead atoms. The van der Waals surface area contributed by atoms with E-state index in [-0.39, 0.29) is 0 Å². The molecule has 140 valence electrons. The van der Waals surface area contributed by atoms with E-state index in [0.717, 1.165) is 48.3 Å². The molecule has 0 saturated carbocycles. The summed E-state index contributed by atoms with van der Waals surface area (Å²) >= 11 is 0. The normalized spacial score (nSPS) is 19.7. The maximum Gasteiger partial charge on any atom is 0.176 e. The molecule has 2 aromatic carbocycles. The molecule has 1 saturated heterocycles. The highest BCUT2D eigenvalue weighted by Gasteiger charge is 2.36.